The molecule has 1 aromatic heterocycles. The molecule has 0 radical (unpaired) electrons. The number of aromatic nitrogens is 2. The highest BCUT2D eigenvalue weighted by Gasteiger charge is 2.20. The quantitative estimate of drug-likeness (QED) is 0.366. The number of imidazole rings is 1. The van der Waals surface area contributed by atoms with Crippen LogP contribution in [0, 0.1) is 0 Å². The van der Waals surface area contributed by atoms with E-state index in [1.54, 1.807) is 12.1 Å². The fraction of sp³-hybridized carbons (Fsp3) is 0.417. The minimum atomic E-state index is 0.0118. The van der Waals surface area contributed by atoms with Crippen LogP contribution < -0.4 is 0 Å². The van der Waals surface area contributed by atoms with E-state index < -0.39 is 0 Å². The molecule has 1 heterocycles. The van der Waals surface area contributed by atoms with E-state index >= 15 is 0 Å². The van der Waals surface area contributed by atoms with Gasteiger partial charge in [0.1, 0.15) is 5.82 Å². The summed E-state index contributed by atoms with van der Waals surface area (Å²) >= 11 is 6.13. The molecule has 0 saturated carbocycles. The van der Waals surface area contributed by atoms with Crippen LogP contribution in [0.15, 0.2) is 48.5 Å². The first-order valence-corrected chi connectivity index (χ1v) is 11.0. The van der Waals surface area contributed by atoms with E-state index in [1.165, 1.54) is 0 Å². The van der Waals surface area contributed by atoms with Crippen molar-refractivity contribution in [2.24, 2.45) is 0 Å². The van der Waals surface area contributed by atoms with Crippen molar-refractivity contribution in [2.45, 2.75) is 59.0 Å². The standard InChI is InChI=1S/C24H30ClN3O/c1-3-5-9-15-27(24(29)19-11-10-12-20(25)17-19)18-23-26-21-13-7-8-14-22(21)28(23)16-6-4-2/h7-8,10-14,17H,3-6,9,15-16,18H2,1-2H3. The van der Waals surface area contributed by atoms with Gasteiger partial charge in [-0.15, -0.1) is 0 Å². The molecule has 0 aliphatic heterocycles. The Morgan fingerprint density at radius 2 is 1.83 bits per heavy atom. The Morgan fingerprint density at radius 1 is 1.03 bits per heavy atom. The summed E-state index contributed by atoms with van der Waals surface area (Å²) in [5.74, 6) is 0.962. The van der Waals surface area contributed by atoms with Gasteiger partial charge in [-0.25, -0.2) is 4.98 Å². The lowest BCUT2D eigenvalue weighted by molar-refractivity contribution is 0.0734. The first kappa shape index (κ1) is 21.4. The largest absolute Gasteiger partial charge is 0.331 e. The minimum absolute atomic E-state index is 0.0118. The van der Waals surface area contributed by atoms with Gasteiger partial charge in [0, 0.05) is 23.7 Å². The number of carbonyl (C=O) groups is 1. The predicted molar refractivity (Wildman–Crippen MR) is 120 cm³/mol. The van der Waals surface area contributed by atoms with Crippen molar-refractivity contribution in [1.29, 1.82) is 0 Å². The molecule has 1 amide bonds. The van der Waals surface area contributed by atoms with Crippen molar-refractivity contribution in [3.05, 3.63) is 64.9 Å². The van der Waals surface area contributed by atoms with Gasteiger partial charge >= 0.3 is 0 Å². The molecular weight excluding hydrogens is 382 g/mol. The summed E-state index contributed by atoms with van der Waals surface area (Å²) in [4.78, 5) is 20.1. The van der Waals surface area contributed by atoms with Crippen molar-refractivity contribution >= 4 is 28.5 Å². The smallest absolute Gasteiger partial charge is 0.254 e. The lowest BCUT2D eigenvalue weighted by Crippen LogP contribution is -2.32. The van der Waals surface area contributed by atoms with Crippen molar-refractivity contribution in [3.8, 4) is 0 Å². The van der Waals surface area contributed by atoms with Crippen molar-refractivity contribution in [2.75, 3.05) is 6.54 Å². The highest BCUT2D eigenvalue weighted by molar-refractivity contribution is 6.30. The van der Waals surface area contributed by atoms with Gasteiger partial charge in [0.15, 0.2) is 0 Å². The molecule has 0 saturated heterocycles. The Labute approximate surface area is 178 Å². The Morgan fingerprint density at radius 3 is 2.59 bits per heavy atom. The topological polar surface area (TPSA) is 38.1 Å². The van der Waals surface area contributed by atoms with E-state index in [-0.39, 0.29) is 5.91 Å². The molecule has 3 rings (SSSR count). The summed E-state index contributed by atoms with van der Waals surface area (Å²) in [5, 5.41) is 0.583. The van der Waals surface area contributed by atoms with Crippen LogP contribution in [0.25, 0.3) is 11.0 Å². The molecule has 0 unspecified atom stereocenters. The van der Waals surface area contributed by atoms with E-state index in [1.807, 2.05) is 35.2 Å². The molecule has 0 aliphatic rings. The number of benzene rings is 2. The van der Waals surface area contributed by atoms with Gasteiger partial charge in [0.25, 0.3) is 5.91 Å². The molecule has 0 spiro atoms. The Kier molecular flexibility index (Phi) is 7.70. The molecule has 154 valence electrons. The van der Waals surface area contributed by atoms with Gasteiger partial charge in [0.05, 0.1) is 17.6 Å². The van der Waals surface area contributed by atoms with Gasteiger partial charge in [0.2, 0.25) is 0 Å². The molecule has 0 fully saturated rings. The molecule has 2 aromatic carbocycles. The second-order valence-electron chi connectivity index (χ2n) is 7.47. The summed E-state index contributed by atoms with van der Waals surface area (Å²) in [6, 6.07) is 15.4. The average molecular weight is 412 g/mol. The van der Waals surface area contributed by atoms with Gasteiger partial charge in [-0.2, -0.15) is 0 Å². The van der Waals surface area contributed by atoms with E-state index in [9.17, 15) is 4.79 Å². The number of nitrogens with zero attached hydrogens (tertiary/aromatic N) is 3. The van der Waals surface area contributed by atoms with Crippen molar-refractivity contribution in [1.82, 2.24) is 14.5 Å². The first-order valence-electron chi connectivity index (χ1n) is 10.6. The van der Waals surface area contributed by atoms with Crippen LogP contribution in [0.3, 0.4) is 0 Å². The fourth-order valence-corrected chi connectivity index (χ4v) is 3.78. The van der Waals surface area contributed by atoms with E-state index in [0.717, 1.165) is 62.1 Å². The van der Waals surface area contributed by atoms with Crippen molar-refractivity contribution in [3.63, 3.8) is 0 Å². The summed E-state index contributed by atoms with van der Waals surface area (Å²) in [6.45, 7) is 6.51. The molecule has 3 aromatic rings. The minimum Gasteiger partial charge on any atom is -0.331 e. The van der Waals surface area contributed by atoms with Crippen LogP contribution in [0.5, 0.6) is 0 Å². The number of hydrogen-bond donors (Lipinski definition) is 0. The molecule has 5 heteroatoms. The molecule has 0 aliphatic carbocycles. The van der Waals surface area contributed by atoms with Gasteiger partial charge in [-0.05, 0) is 43.2 Å². The van der Waals surface area contributed by atoms with Crippen LogP contribution in [-0.2, 0) is 13.1 Å². The van der Waals surface area contributed by atoms with Crippen LogP contribution in [0.4, 0.5) is 0 Å². The number of fused-ring (bicyclic) bond motifs is 1. The van der Waals surface area contributed by atoms with Crippen molar-refractivity contribution < 1.29 is 4.79 Å². The third kappa shape index (κ3) is 5.39. The third-order valence-corrected chi connectivity index (χ3v) is 5.43. The summed E-state index contributed by atoms with van der Waals surface area (Å²) in [7, 11) is 0. The van der Waals surface area contributed by atoms with Gasteiger partial charge in [-0.1, -0.05) is 62.9 Å². The van der Waals surface area contributed by atoms with E-state index in [4.69, 9.17) is 16.6 Å². The lowest BCUT2D eigenvalue weighted by atomic mass is 10.1. The van der Waals surface area contributed by atoms with Crippen LogP contribution in [0.1, 0.15) is 62.1 Å². The zero-order valence-electron chi connectivity index (χ0n) is 17.4. The molecule has 0 bridgehead atoms. The highest BCUT2D eigenvalue weighted by Crippen LogP contribution is 2.20. The monoisotopic (exact) mass is 411 g/mol. The maximum Gasteiger partial charge on any atom is 0.254 e. The number of carbonyl (C=O) groups excluding carboxylic acids is 1. The normalized spacial score (nSPS) is 11.1. The van der Waals surface area contributed by atoms with Gasteiger partial charge in [-0.3, -0.25) is 4.79 Å². The molecular formula is C24H30ClN3O. The number of hydrogen-bond acceptors (Lipinski definition) is 2. The molecule has 0 atom stereocenters. The van der Waals surface area contributed by atoms with E-state index in [2.05, 4.69) is 24.5 Å². The first-order chi connectivity index (χ1) is 14.1. The second kappa shape index (κ2) is 10.4. The lowest BCUT2D eigenvalue weighted by Gasteiger charge is -2.23. The zero-order valence-corrected chi connectivity index (χ0v) is 18.2. The third-order valence-electron chi connectivity index (χ3n) is 5.19. The number of unbranched alkanes of at least 4 members (excludes halogenated alkanes) is 3. The number of rotatable bonds is 10. The summed E-state index contributed by atoms with van der Waals surface area (Å²) in [5.41, 5.74) is 2.76. The fourth-order valence-electron chi connectivity index (χ4n) is 3.59. The number of amides is 1. The Bertz CT molecular complexity index is 950. The van der Waals surface area contributed by atoms with Crippen LogP contribution >= 0.6 is 11.6 Å². The maximum atomic E-state index is 13.3. The summed E-state index contributed by atoms with van der Waals surface area (Å²) in [6.07, 6.45) is 5.41. The SMILES string of the molecule is CCCCCN(Cc1nc2ccccc2n1CCCC)C(=O)c1cccc(Cl)c1. The Hall–Kier alpha value is -2.33. The average Bonchev–Trinajstić information content (AvgIpc) is 3.08. The second-order valence-corrected chi connectivity index (χ2v) is 7.90. The van der Waals surface area contributed by atoms with E-state index in [0.29, 0.717) is 17.1 Å². The number of aryl methyl sites for hydroxylation is 1. The maximum absolute atomic E-state index is 13.3. The van der Waals surface area contributed by atoms with Crippen LogP contribution in [-0.4, -0.2) is 26.9 Å². The number of halogens is 1. The molecule has 0 N–H and O–H groups in total. The van der Waals surface area contributed by atoms with Gasteiger partial charge < -0.3 is 9.47 Å². The van der Waals surface area contributed by atoms with Crippen LogP contribution in [0.2, 0.25) is 5.02 Å². The summed E-state index contributed by atoms with van der Waals surface area (Å²) < 4.78 is 2.27. The molecule has 29 heavy (non-hydrogen) atoms. The number of para-hydroxylation sites is 2. The molecule has 4 nitrogen and oxygen atoms in total. The zero-order chi connectivity index (χ0) is 20.6. The predicted octanol–water partition coefficient (Wildman–Crippen LogP) is 6.32. The Balaban J connectivity index is 1.91. The highest BCUT2D eigenvalue weighted by atomic mass is 35.5.